The van der Waals surface area contributed by atoms with Gasteiger partial charge in [-0.15, -0.1) is 0 Å². The minimum Gasteiger partial charge on any atom is -0.545 e. The number of rotatable bonds is 72. The number of likely N-dealkylation sites (N-methyl/N-ethyl adjacent to an activating group) is 1. The van der Waals surface area contributed by atoms with E-state index in [4.69, 9.17) is 18.9 Å². The predicted octanol–water partition coefficient (Wildman–Crippen LogP) is 22.9. The van der Waals surface area contributed by atoms with Crippen molar-refractivity contribution >= 4 is 17.9 Å². The molecular weight excluding hydrogens is 1100 g/mol. The van der Waals surface area contributed by atoms with Gasteiger partial charge < -0.3 is 33.3 Å². The minimum atomic E-state index is -1.62. The number of carboxylic acid groups (broad SMARTS) is 1. The maximum atomic E-state index is 13.0. The predicted molar refractivity (Wildman–Crippen MR) is 380 cm³/mol. The largest absolute Gasteiger partial charge is 0.545 e. The van der Waals surface area contributed by atoms with Gasteiger partial charge >= 0.3 is 11.9 Å². The number of carbonyl (C=O) groups excluding carboxylic acids is 3. The lowest BCUT2D eigenvalue weighted by Crippen LogP contribution is -2.44. The standard InChI is InChI=1S/C80H147NO8/c1-6-8-10-12-14-16-18-20-22-24-26-28-30-32-34-36-37-38-39-40-41-43-44-46-48-50-52-54-56-58-60-62-64-66-68-70-77(82)87-74-76(75-88-80(79(84)85)86-73-72-81(3,4)5)89-78(83)71-69-67-65-63-61-59-57-55-53-51-49-47-45-42-35-33-31-29-27-25-23-21-19-17-15-13-11-9-7-2/h9,11,15,17,21,23,27,29,33,35,76,80H,6-8,10,12-14,16,18-20,22,24-26,28,30-32,34,36-75H2,1-5H3/b11-9-,17-15-,23-21-,29-27-,35-33-. The average Bonchev–Trinajstić information content (AvgIpc) is 3.71. The van der Waals surface area contributed by atoms with Crippen molar-refractivity contribution in [1.82, 2.24) is 0 Å². The molecule has 0 spiro atoms. The molecule has 0 heterocycles. The van der Waals surface area contributed by atoms with Crippen LogP contribution >= 0.6 is 0 Å². The number of quaternary nitrogens is 1. The molecule has 0 amide bonds. The fraction of sp³-hybridized carbons (Fsp3) is 0.838. The molecule has 0 aromatic rings. The van der Waals surface area contributed by atoms with Crippen molar-refractivity contribution in [2.45, 2.75) is 386 Å². The van der Waals surface area contributed by atoms with Crippen LogP contribution in [0.3, 0.4) is 0 Å². The SMILES string of the molecule is CC/C=C\C/C=C\C/C=C\C/C=C\C/C=C\CCCCCCCCCCCCCCCC(=O)OC(COC(=O)CCCCCCCCCCCCCCCCCCCCCCCCCCCCCCCCCCCCC)COC(OCC[N+](C)(C)C)C(=O)[O-]. The van der Waals surface area contributed by atoms with Gasteiger partial charge in [-0.1, -0.05) is 364 Å². The highest BCUT2D eigenvalue weighted by atomic mass is 16.7. The number of esters is 2. The minimum absolute atomic E-state index is 0.148. The van der Waals surface area contributed by atoms with Gasteiger partial charge in [0.2, 0.25) is 0 Å². The quantitative estimate of drug-likeness (QED) is 0.0195. The third-order valence-corrected chi connectivity index (χ3v) is 17.3. The summed E-state index contributed by atoms with van der Waals surface area (Å²) in [5.74, 6) is -2.26. The highest BCUT2D eigenvalue weighted by Crippen LogP contribution is 2.19. The smallest absolute Gasteiger partial charge is 0.306 e. The summed E-state index contributed by atoms with van der Waals surface area (Å²) in [6, 6.07) is 0. The zero-order chi connectivity index (χ0) is 64.7. The summed E-state index contributed by atoms with van der Waals surface area (Å²) in [4.78, 5) is 37.6. The van der Waals surface area contributed by atoms with E-state index in [-0.39, 0.29) is 32.2 Å². The van der Waals surface area contributed by atoms with Crippen molar-refractivity contribution in [2.75, 3.05) is 47.5 Å². The summed E-state index contributed by atoms with van der Waals surface area (Å²) in [7, 11) is 5.94. The van der Waals surface area contributed by atoms with Crippen LogP contribution in [0.2, 0.25) is 0 Å². The highest BCUT2D eigenvalue weighted by molar-refractivity contribution is 5.70. The molecule has 0 N–H and O–H groups in total. The van der Waals surface area contributed by atoms with Crippen molar-refractivity contribution in [3.8, 4) is 0 Å². The Bertz CT molecular complexity index is 1650. The molecule has 0 rings (SSSR count). The number of unbranched alkanes of at least 4 members (excludes halogenated alkanes) is 47. The summed E-state index contributed by atoms with van der Waals surface area (Å²) in [6.45, 7) is 4.70. The van der Waals surface area contributed by atoms with Crippen LogP contribution in [0.25, 0.3) is 0 Å². The van der Waals surface area contributed by atoms with Crippen LogP contribution in [0.4, 0.5) is 0 Å². The van der Waals surface area contributed by atoms with E-state index in [1.807, 2.05) is 21.1 Å². The van der Waals surface area contributed by atoms with Crippen LogP contribution in [0.15, 0.2) is 60.8 Å². The Kier molecular flexibility index (Phi) is 68.5. The molecule has 0 aromatic carbocycles. The van der Waals surface area contributed by atoms with E-state index >= 15 is 0 Å². The summed E-state index contributed by atoms with van der Waals surface area (Å²) in [6.07, 6.45) is 90.5. The Morgan fingerprint density at radius 1 is 0.348 bits per heavy atom. The molecule has 0 radical (unpaired) electrons. The van der Waals surface area contributed by atoms with E-state index in [9.17, 15) is 19.5 Å². The van der Waals surface area contributed by atoms with E-state index in [1.54, 1.807) is 0 Å². The maximum Gasteiger partial charge on any atom is 0.306 e. The molecule has 0 aliphatic rings. The van der Waals surface area contributed by atoms with E-state index in [0.717, 1.165) is 70.6 Å². The van der Waals surface area contributed by atoms with Crippen molar-refractivity contribution in [3.63, 3.8) is 0 Å². The monoisotopic (exact) mass is 1250 g/mol. The number of hydrogen-bond acceptors (Lipinski definition) is 8. The van der Waals surface area contributed by atoms with Crippen molar-refractivity contribution in [2.24, 2.45) is 0 Å². The second-order valence-corrected chi connectivity index (χ2v) is 27.3. The molecule has 9 nitrogen and oxygen atoms in total. The summed E-state index contributed by atoms with van der Waals surface area (Å²) < 4.78 is 22.9. The Morgan fingerprint density at radius 2 is 0.640 bits per heavy atom. The Hall–Kier alpha value is -3.01. The number of aliphatic carboxylic acids is 1. The fourth-order valence-corrected chi connectivity index (χ4v) is 11.5. The lowest BCUT2D eigenvalue weighted by molar-refractivity contribution is -0.870. The van der Waals surface area contributed by atoms with E-state index in [2.05, 4.69) is 74.6 Å². The average molecular weight is 1250 g/mol. The van der Waals surface area contributed by atoms with Gasteiger partial charge in [0.15, 0.2) is 12.4 Å². The molecule has 0 fully saturated rings. The fourth-order valence-electron chi connectivity index (χ4n) is 11.5. The first-order valence-electron chi connectivity index (χ1n) is 38.4. The van der Waals surface area contributed by atoms with Gasteiger partial charge in [0.05, 0.1) is 40.3 Å². The first-order valence-corrected chi connectivity index (χ1v) is 38.4. The molecule has 0 aliphatic heterocycles. The van der Waals surface area contributed by atoms with Crippen LogP contribution in [-0.2, 0) is 33.3 Å². The normalized spacial score (nSPS) is 13.0. The number of carbonyl (C=O) groups is 3. The molecule has 0 saturated carbocycles. The molecular formula is C80H147NO8. The van der Waals surface area contributed by atoms with E-state index in [0.29, 0.717) is 23.9 Å². The first kappa shape index (κ1) is 86.0. The molecule has 2 atom stereocenters. The third-order valence-electron chi connectivity index (χ3n) is 17.3. The van der Waals surface area contributed by atoms with E-state index in [1.165, 1.54) is 270 Å². The van der Waals surface area contributed by atoms with Crippen LogP contribution in [0.5, 0.6) is 0 Å². The van der Waals surface area contributed by atoms with Crippen LogP contribution < -0.4 is 5.11 Å². The summed E-state index contributed by atoms with van der Waals surface area (Å²) in [5.41, 5.74) is 0. The Balaban J connectivity index is 4.00. The van der Waals surface area contributed by atoms with Gasteiger partial charge in [-0.3, -0.25) is 9.59 Å². The number of hydrogen-bond donors (Lipinski definition) is 0. The summed E-state index contributed by atoms with van der Waals surface area (Å²) >= 11 is 0. The number of nitrogens with zero attached hydrogens (tertiary/aromatic N) is 1. The molecule has 520 valence electrons. The molecule has 0 aliphatic carbocycles. The van der Waals surface area contributed by atoms with Crippen LogP contribution in [0, 0.1) is 0 Å². The number of ether oxygens (including phenoxy) is 4. The molecule has 0 bridgehead atoms. The van der Waals surface area contributed by atoms with Crippen LogP contribution in [0.1, 0.15) is 373 Å². The topological polar surface area (TPSA) is 111 Å². The van der Waals surface area contributed by atoms with Gasteiger partial charge in [0.25, 0.3) is 0 Å². The lowest BCUT2D eigenvalue weighted by atomic mass is 10.0. The van der Waals surface area contributed by atoms with Crippen molar-refractivity contribution in [1.29, 1.82) is 0 Å². The zero-order valence-electron chi connectivity index (χ0n) is 59.6. The zero-order valence-corrected chi connectivity index (χ0v) is 59.6. The molecule has 89 heavy (non-hydrogen) atoms. The Labute approximate surface area is 552 Å². The third kappa shape index (κ3) is 72.3. The lowest BCUT2D eigenvalue weighted by Gasteiger charge is -2.26. The van der Waals surface area contributed by atoms with Gasteiger partial charge in [-0.2, -0.15) is 0 Å². The molecule has 9 heteroatoms. The molecule has 2 unspecified atom stereocenters. The van der Waals surface area contributed by atoms with E-state index < -0.39 is 24.3 Å². The van der Waals surface area contributed by atoms with Crippen molar-refractivity contribution < 1.29 is 42.9 Å². The maximum absolute atomic E-state index is 13.0. The van der Waals surface area contributed by atoms with Crippen LogP contribution in [-0.4, -0.2) is 82.3 Å². The number of carboxylic acids is 1. The first-order chi connectivity index (χ1) is 43.6. The van der Waals surface area contributed by atoms with Crippen molar-refractivity contribution in [3.05, 3.63) is 60.8 Å². The Morgan fingerprint density at radius 3 is 0.955 bits per heavy atom. The molecule has 0 saturated heterocycles. The second-order valence-electron chi connectivity index (χ2n) is 27.3. The highest BCUT2D eigenvalue weighted by Gasteiger charge is 2.22. The van der Waals surface area contributed by atoms with Gasteiger partial charge in [0, 0.05) is 12.8 Å². The van der Waals surface area contributed by atoms with Gasteiger partial charge in [0.1, 0.15) is 13.2 Å². The summed E-state index contributed by atoms with van der Waals surface area (Å²) in [5, 5.41) is 11.8. The number of allylic oxidation sites excluding steroid dienone is 10. The second kappa shape index (κ2) is 70.9. The molecule has 0 aromatic heterocycles. The van der Waals surface area contributed by atoms with Gasteiger partial charge in [-0.25, -0.2) is 0 Å². The van der Waals surface area contributed by atoms with Gasteiger partial charge in [-0.05, 0) is 57.8 Å².